The van der Waals surface area contributed by atoms with E-state index in [1.54, 1.807) is 7.11 Å². The number of methoxy groups -OCH3 is 1. The molecule has 17 heavy (non-hydrogen) atoms. The zero-order chi connectivity index (χ0) is 13.3. The third-order valence-electron chi connectivity index (χ3n) is 2.45. The molecule has 0 amide bonds. The standard InChI is InChI=1S/C12H28N4O/c1-9(2)6-7-10(3)14-12(16-13)15-11(4)8-17-5/h9-11H,6-8,13H2,1-5H3,(H2,14,15,16). The molecule has 0 aromatic carbocycles. The number of hydrogen-bond acceptors (Lipinski definition) is 3. The van der Waals surface area contributed by atoms with E-state index in [1.807, 2.05) is 6.92 Å². The van der Waals surface area contributed by atoms with E-state index in [9.17, 15) is 0 Å². The molecule has 0 aliphatic rings. The zero-order valence-electron chi connectivity index (χ0n) is 11.8. The summed E-state index contributed by atoms with van der Waals surface area (Å²) in [6, 6.07) is 0.456. The average Bonchev–Trinajstić information content (AvgIpc) is 2.25. The largest absolute Gasteiger partial charge is 0.383 e. The van der Waals surface area contributed by atoms with Crippen molar-refractivity contribution in [1.29, 1.82) is 0 Å². The summed E-state index contributed by atoms with van der Waals surface area (Å²) < 4.78 is 5.05. The van der Waals surface area contributed by atoms with Crippen LogP contribution < -0.4 is 16.6 Å². The summed E-state index contributed by atoms with van der Waals surface area (Å²) in [6.45, 7) is 9.19. The summed E-state index contributed by atoms with van der Waals surface area (Å²) in [5, 5.41) is 3.17. The van der Waals surface area contributed by atoms with E-state index >= 15 is 0 Å². The maximum Gasteiger partial charge on any atom is 0.206 e. The van der Waals surface area contributed by atoms with E-state index in [1.165, 1.54) is 6.42 Å². The van der Waals surface area contributed by atoms with Crippen LogP contribution in [0.2, 0.25) is 0 Å². The first kappa shape index (κ1) is 16.2. The van der Waals surface area contributed by atoms with Gasteiger partial charge in [-0.3, -0.25) is 5.43 Å². The van der Waals surface area contributed by atoms with Gasteiger partial charge in [-0.05, 0) is 32.6 Å². The van der Waals surface area contributed by atoms with Gasteiger partial charge in [0.05, 0.1) is 12.6 Å². The van der Waals surface area contributed by atoms with Gasteiger partial charge in [-0.2, -0.15) is 0 Å². The molecular formula is C12H28N4O. The maximum absolute atomic E-state index is 5.44. The van der Waals surface area contributed by atoms with Crippen LogP contribution in [-0.4, -0.2) is 31.8 Å². The number of hydrogen-bond donors (Lipinski definition) is 3. The number of hydrazine groups is 1. The summed E-state index contributed by atoms with van der Waals surface area (Å²) in [5.74, 6) is 6.78. The molecule has 0 radical (unpaired) electrons. The van der Waals surface area contributed by atoms with Gasteiger partial charge in [0.2, 0.25) is 5.96 Å². The van der Waals surface area contributed by atoms with Gasteiger partial charge in [-0.25, -0.2) is 10.8 Å². The van der Waals surface area contributed by atoms with Crippen LogP contribution in [0.1, 0.15) is 40.5 Å². The smallest absolute Gasteiger partial charge is 0.206 e. The first-order valence-corrected chi connectivity index (χ1v) is 6.29. The van der Waals surface area contributed by atoms with Crippen LogP contribution in [0.15, 0.2) is 4.99 Å². The predicted octanol–water partition coefficient (Wildman–Crippen LogP) is 1.25. The van der Waals surface area contributed by atoms with Crippen molar-refractivity contribution in [3.63, 3.8) is 0 Å². The molecule has 5 heteroatoms. The third-order valence-corrected chi connectivity index (χ3v) is 2.45. The Kier molecular flexibility index (Phi) is 8.80. The quantitative estimate of drug-likeness (QED) is 0.273. The molecule has 0 fully saturated rings. The number of nitrogens with zero attached hydrogens (tertiary/aromatic N) is 1. The highest BCUT2D eigenvalue weighted by Crippen LogP contribution is 2.08. The van der Waals surface area contributed by atoms with Crippen molar-refractivity contribution in [2.75, 3.05) is 13.7 Å². The second-order valence-corrected chi connectivity index (χ2v) is 4.94. The van der Waals surface area contributed by atoms with Crippen molar-refractivity contribution < 1.29 is 4.74 Å². The first-order chi connectivity index (χ1) is 7.99. The fourth-order valence-corrected chi connectivity index (χ4v) is 1.50. The number of aliphatic imine (C=N–C) groups is 1. The molecule has 0 rings (SSSR count). The van der Waals surface area contributed by atoms with Crippen LogP contribution in [0.3, 0.4) is 0 Å². The minimum absolute atomic E-state index is 0.187. The fourth-order valence-electron chi connectivity index (χ4n) is 1.50. The van der Waals surface area contributed by atoms with E-state index < -0.39 is 0 Å². The number of rotatable bonds is 7. The number of guanidine groups is 1. The molecule has 0 aliphatic carbocycles. The lowest BCUT2D eigenvalue weighted by molar-refractivity contribution is 0.179. The average molecular weight is 244 g/mol. The summed E-state index contributed by atoms with van der Waals surface area (Å²) in [4.78, 5) is 4.50. The number of nitrogens with one attached hydrogen (secondary N) is 2. The maximum atomic E-state index is 5.44. The molecule has 0 saturated heterocycles. The highest BCUT2D eigenvalue weighted by molar-refractivity contribution is 5.79. The van der Waals surface area contributed by atoms with Gasteiger partial charge in [0, 0.05) is 13.2 Å². The van der Waals surface area contributed by atoms with Gasteiger partial charge >= 0.3 is 0 Å². The molecule has 2 unspecified atom stereocenters. The van der Waals surface area contributed by atoms with Crippen LogP contribution in [0.4, 0.5) is 0 Å². The Balaban J connectivity index is 4.13. The Morgan fingerprint density at radius 2 is 1.88 bits per heavy atom. The van der Waals surface area contributed by atoms with Gasteiger partial charge in [-0.15, -0.1) is 0 Å². The van der Waals surface area contributed by atoms with E-state index in [-0.39, 0.29) is 12.1 Å². The van der Waals surface area contributed by atoms with Crippen LogP contribution in [-0.2, 0) is 4.74 Å². The normalized spacial score (nSPS) is 15.8. The minimum atomic E-state index is 0.187. The monoisotopic (exact) mass is 244 g/mol. The Hall–Kier alpha value is -0.810. The molecule has 0 aromatic rings. The van der Waals surface area contributed by atoms with Crippen molar-refractivity contribution in [3.8, 4) is 0 Å². The highest BCUT2D eigenvalue weighted by atomic mass is 16.5. The molecule has 0 bridgehead atoms. The second kappa shape index (κ2) is 9.24. The van der Waals surface area contributed by atoms with Crippen molar-refractivity contribution in [2.24, 2.45) is 16.8 Å². The summed E-state index contributed by atoms with van der Waals surface area (Å²) in [6.07, 6.45) is 2.25. The van der Waals surface area contributed by atoms with Gasteiger partial charge in [0.25, 0.3) is 0 Å². The highest BCUT2D eigenvalue weighted by Gasteiger charge is 2.07. The second-order valence-electron chi connectivity index (χ2n) is 4.94. The van der Waals surface area contributed by atoms with Gasteiger partial charge < -0.3 is 10.1 Å². The Morgan fingerprint density at radius 3 is 2.35 bits per heavy atom. The van der Waals surface area contributed by atoms with Gasteiger partial charge in [-0.1, -0.05) is 13.8 Å². The lowest BCUT2D eigenvalue weighted by Gasteiger charge is -2.17. The van der Waals surface area contributed by atoms with Crippen molar-refractivity contribution >= 4 is 5.96 Å². The molecule has 0 aromatic heterocycles. The Labute approximate surface area is 105 Å². The minimum Gasteiger partial charge on any atom is -0.383 e. The summed E-state index contributed by atoms with van der Waals surface area (Å²) in [7, 11) is 1.68. The van der Waals surface area contributed by atoms with Gasteiger partial charge in [0.15, 0.2) is 0 Å². The lowest BCUT2D eigenvalue weighted by atomic mass is 10.1. The van der Waals surface area contributed by atoms with E-state index in [2.05, 4.69) is 36.5 Å². The van der Waals surface area contributed by atoms with E-state index in [0.717, 1.165) is 6.42 Å². The molecule has 0 spiro atoms. The lowest BCUT2D eigenvalue weighted by Crippen LogP contribution is -2.47. The van der Waals surface area contributed by atoms with Crippen molar-refractivity contribution in [3.05, 3.63) is 0 Å². The van der Waals surface area contributed by atoms with Crippen LogP contribution in [0.5, 0.6) is 0 Å². The van der Waals surface area contributed by atoms with Crippen molar-refractivity contribution in [2.45, 2.75) is 52.6 Å². The Bertz CT molecular complexity index is 219. The first-order valence-electron chi connectivity index (χ1n) is 6.29. The van der Waals surface area contributed by atoms with Crippen LogP contribution >= 0.6 is 0 Å². The molecule has 0 saturated carbocycles. The number of ether oxygens (including phenoxy) is 1. The Morgan fingerprint density at radius 1 is 1.24 bits per heavy atom. The predicted molar refractivity (Wildman–Crippen MR) is 72.8 cm³/mol. The van der Waals surface area contributed by atoms with Crippen LogP contribution in [0.25, 0.3) is 0 Å². The molecule has 5 nitrogen and oxygen atoms in total. The summed E-state index contributed by atoms with van der Waals surface area (Å²) in [5.41, 5.74) is 2.59. The zero-order valence-corrected chi connectivity index (χ0v) is 11.8. The molecule has 2 atom stereocenters. The van der Waals surface area contributed by atoms with Gasteiger partial charge in [0.1, 0.15) is 0 Å². The fraction of sp³-hybridized carbons (Fsp3) is 0.917. The molecule has 4 N–H and O–H groups in total. The number of nitrogens with two attached hydrogens (primary N) is 1. The van der Waals surface area contributed by atoms with E-state index in [4.69, 9.17) is 10.6 Å². The molecular weight excluding hydrogens is 216 g/mol. The molecule has 0 aliphatic heterocycles. The van der Waals surface area contributed by atoms with Crippen LogP contribution in [0, 0.1) is 5.92 Å². The molecule has 0 heterocycles. The third kappa shape index (κ3) is 8.94. The van der Waals surface area contributed by atoms with E-state index in [0.29, 0.717) is 18.5 Å². The van der Waals surface area contributed by atoms with Crippen molar-refractivity contribution in [1.82, 2.24) is 10.7 Å². The topological polar surface area (TPSA) is 71.7 Å². The molecule has 102 valence electrons. The SMILES string of the molecule is COCC(C)NC(=NC(C)CCC(C)C)NN. The summed E-state index contributed by atoms with van der Waals surface area (Å²) >= 11 is 0.